The molecule has 2 unspecified atom stereocenters. The largest absolute Gasteiger partial charge is 0.387 e. The molecule has 2 rings (SSSR count). The summed E-state index contributed by atoms with van der Waals surface area (Å²) in [5, 5.41) is 10.1. The van der Waals surface area contributed by atoms with E-state index in [1.54, 1.807) is 0 Å². The summed E-state index contributed by atoms with van der Waals surface area (Å²) in [5.41, 5.74) is 8.27. The second-order valence-corrected chi connectivity index (χ2v) is 4.82. The Bertz CT molecular complexity index is 388. The molecule has 2 nitrogen and oxygen atoms in total. The van der Waals surface area contributed by atoms with Crippen molar-refractivity contribution >= 4 is 12.4 Å². The van der Waals surface area contributed by atoms with Crippen molar-refractivity contribution in [3.8, 4) is 0 Å². The standard InChI is InChI=1S/C14H19NO.ClH/c1-9(2)13(15)14(16)12-8-11(12)10-6-4-3-5-7-10;/h3-9,11,13-14,16H,15H2,1-2H3;1H/t11?,13-,14?;/m0./s1. The van der Waals surface area contributed by atoms with Crippen LogP contribution in [-0.4, -0.2) is 17.3 Å². The van der Waals surface area contributed by atoms with Crippen LogP contribution < -0.4 is 5.73 Å². The first-order chi connectivity index (χ1) is 7.61. The third kappa shape index (κ3) is 3.09. The topological polar surface area (TPSA) is 46.2 Å². The van der Waals surface area contributed by atoms with Gasteiger partial charge in [0.1, 0.15) is 0 Å². The molecule has 0 heterocycles. The Morgan fingerprint density at radius 3 is 2.29 bits per heavy atom. The van der Waals surface area contributed by atoms with Gasteiger partial charge in [0.25, 0.3) is 0 Å². The first-order valence-electron chi connectivity index (χ1n) is 5.81. The van der Waals surface area contributed by atoms with Crippen molar-refractivity contribution in [3.63, 3.8) is 0 Å². The lowest BCUT2D eigenvalue weighted by Crippen LogP contribution is -2.39. The molecule has 3 heteroatoms. The molecule has 0 radical (unpaired) electrons. The minimum Gasteiger partial charge on any atom is -0.387 e. The van der Waals surface area contributed by atoms with Gasteiger partial charge in [-0.2, -0.15) is 0 Å². The number of rotatable bonds is 4. The molecule has 0 bridgehead atoms. The average Bonchev–Trinajstić information content (AvgIpc) is 3.08. The van der Waals surface area contributed by atoms with Crippen molar-refractivity contribution in [2.24, 2.45) is 11.7 Å². The van der Waals surface area contributed by atoms with Gasteiger partial charge >= 0.3 is 0 Å². The van der Waals surface area contributed by atoms with Gasteiger partial charge < -0.3 is 10.8 Å². The molecule has 1 aliphatic rings. The predicted octanol–water partition coefficient (Wildman–Crippen LogP) is 2.48. The van der Waals surface area contributed by atoms with Gasteiger partial charge in [0.2, 0.25) is 0 Å². The maximum absolute atomic E-state index is 10.1. The quantitative estimate of drug-likeness (QED) is 0.810. The van der Waals surface area contributed by atoms with Crippen LogP contribution in [0.25, 0.3) is 0 Å². The Morgan fingerprint density at radius 2 is 1.76 bits per heavy atom. The van der Waals surface area contributed by atoms with E-state index in [0.717, 1.165) is 5.57 Å². The van der Waals surface area contributed by atoms with E-state index in [1.807, 2.05) is 32.0 Å². The van der Waals surface area contributed by atoms with Gasteiger partial charge in [-0.05, 0) is 17.1 Å². The normalized spacial score (nSPS) is 21.5. The number of aliphatic hydroxyl groups excluding tert-OH is 1. The summed E-state index contributed by atoms with van der Waals surface area (Å²) >= 11 is 0. The molecule has 1 aromatic rings. The van der Waals surface area contributed by atoms with Gasteiger partial charge in [-0.1, -0.05) is 50.3 Å². The van der Waals surface area contributed by atoms with Gasteiger partial charge in [-0.3, -0.25) is 0 Å². The van der Waals surface area contributed by atoms with Crippen molar-refractivity contribution in [2.75, 3.05) is 0 Å². The molecule has 1 aromatic carbocycles. The lowest BCUT2D eigenvalue weighted by molar-refractivity contribution is 0.160. The fourth-order valence-electron chi connectivity index (χ4n) is 1.96. The molecule has 94 valence electrons. The van der Waals surface area contributed by atoms with E-state index in [9.17, 15) is 5.11 Å². The Hall–Kier alpha value is -0.830. The van der Waals surface area contributed by atoms with E-state index in [4.69, 9.17) is 5.73 Å². The summed E-state index contributed by atoms with van der Waals surface area (Å²) in [6.45, 7) is 4.07. The third-order valence-corrected chi connectivity index (χ3v) is 3.24. The lowest BCUT2D eigenvalue weighted by atomic mass is 9.95. The maximum Gasteiger partial charge on any atom is 0.0912 e. The van der Waals surface area contributed by atoms with Gasteiger partial charge in [-0.25, -0.2) is 0 Å². The highest BCUT2D eigenvalue weighted by atomic mass is 35.5. The molecule has 0 aromatic heterocycles. The minimum atomic E-state index is -0.495. The van der Waals surface area contributed by atoms with Crippen LogP contribution in [-0.2, 0) is 0 Å². The summed E-state index contributed by atoms with van der Waals surface area (Å²) in [5.74, 6) is 0.605. The highest BCUT2D eigenvalue weighted by Crippen LogP contribution is 2.42. The van der Waals surface area contributed by atoms with Crippen LogP contribution in [0, 0.1) is 5.92 Å². The van der Waals surface area contributed by atoms with E-state index in [-0.39, 0.29) is 18.4 Å². The highest BCUT2D eigenvalue weighted by molar-refractivity contribution is 5.85. The Morgan fingerprint density at radius 1 is 1.18 bits per heavy atom. The summed E-state index contributed by atoms with van der Waals surface area (Å²) in [6, 6.07) is 10.0. The molecular weight excluding hydrogens is 234 g/mol. The second-order valence-electron chi connectivity index (χ2n) is 4.82. The molecule has 17 heavy (non-hydrogen) atoms. The van der Waals surface area contributed by atoms with Crippen LogP contribution in [0.15, 0.2) is 42.0 Å². The first kappa shape index (κ1) is 14.2. The summed E-state index contributed by atoms with van der Waals surface area (Å²) in [7, 11) is 0. The number of hydrogen-bond acceptors (Lipinski definition) is 2. The van der Waals surface area contributed by atoms with Gasteiger partial charge in [0, 0.05) is 12.0 Å². The van der Waals surface area contributed by atoms with Crippen molar-refractivity contribution in [3.05, 3.63) is 47.5 Å². The lowest BCUT2D eigenvalue weighted by Gasteiger charge is -2.21. The fraction of sp³-hybridized carbons (Fsp3) is 0.429. The monoisotopic (exact) mass is 253 g/mol. The van der Waals surface area contributed by atoms with Gasteiger partial charge in [0.05, 0.1) is 6.10 Å². The molecule has 0 saturated carbocycles. The smallest absolute Gasteiger partial charge is 0.0912 e. The molecule has 0 saturated heterocycles. The zero-order valence-electron chi connectivity index (χ0n) is 10.2. The molecule has 3 atom stereocenters. The van der Waals surface area contributed by atoms with E-state index >= 15 is 0 Å². The zero-order valence-corrected chi connectivity index (χ0v) is 11.0. The maximum atomic E-state index is 10.1. The van der Waals surface area contributed by atoms with E-state index < -0.39 is 6.10 Å². The number of aliphatic hydroxyl groups is 1. The van der Waals surface area contributed by atoms with Gasteiger partial charge in [0.15, 0.2) is 0 Å². The van der Waals surface area contributed by atoms with Crippen LogP contribution in [0.1, 0.15) is 25.3 Å². The third-order valence-electron chi connectivity index (χ3n) is 3.24. The van der Waals surface area contributed by atoms with Crippen LogP contribution in [0.2, 0.25) is 0 Å². The number of halogens is 1. The van der Waals surface area contributed by atoms with Gasteiger partial charge in [-0.15, -0.1) is 12.4 Å². The summed E-state index contributed by atoms with van der Waals surface area (Å²) in [6.07, 6.45) is 1.60. The fourth-order valence-corrected chi connectivity index (χ4v) is 1.96. The highest BCUT2D eigenvalue weighted by Gasteiger charge is 2.35. The van der Waals surface area contributed by atoms with Crippen molar-refractivity contribution in [1.29, 1.82) is 0 Å². The predicted molar refractivity (Wildman–Crippen MR) is 73.3 cm³/mol. The zero-order chi connectivity index (χ0) is 11.7. The Kier molecular flexibility index (Phi) is 4.75. The average molecular weight is 254 g/mol. The van der Waals surface area contributed by atoms with Crippen molar-refractivity contribution in [2.45, 2.75) is 31.9 Å². The van der Waals surface area contributed by atoms with E-state index in [2.05, 4.69) is 18.2 Å². The SMILES string of the molecule is CC(C)[C@H](N)C(O)C1=CC1c1ccccc1.Cl. The number of allylic oxidation sites excluding steroid dienone is 1. The van der Waals surface area contributed by atoms with E-state index in [0.29, 0.717) is 11.8 Å². The molecule has 0 fully saturated rings. The van der Waals surface area contributed by atoms with E-state index in [1.165, 1.54) is 5.56 Å². The van der Waals surface area contributed by atoms with Crippen molar-refractivity contribution < 1.29 is 5.11 Å². The second kappa shape index (κ2) is 5.67. The number of nitrogens with two attached hydrogens (primary N) is 1. The van der Waals surface area contributed by atoms with Crippen LogP contribution in [0.4, 0.5) is 0 Å². The number of benzene rings is 1. The molecule has 0 amide bonds. The molecule has 1 aliphatic carbocycles. The summed E-state index contributed by atoms with van der Waals surface area (Å²) in [4.78, 5) is 0. The van der Waals surface area contributed by atoms with Crippen LogP contribution >= 0.6 is 12.4 Å². The summed E-state index contributed by atoms with van der Waals surface area (Å²) < 4.78 is 0. The molecule has 3 N–H and O–H groups in total. The number of hydrogen-bond donors (Lipinski definition) is 2. The molecular formula is C14H20ClNO. The Labute approximate surface area is 109 Å². The minimum absolute atomic E-state index is 0. The Balaban J connectivity index is 0.00000144. The van der Waals surface area contributed by atoms with Crippen LogP contribution in [0.3, 0.4) is 0 Å². The van der Waals surface area contributed by atoms with Crippen LogP contribution in [0.5, 0.6) is 0 Å². The van der Waals surface area contributed by atoms with Crippen molar-refractivity contribution in [1.82, 2.24) is 0 Å². The molecule has 0 spiro atoms. The first-order valence-corrected chi connectivity index (χ1v) is 5.81. The molecule has 0 aliphatic heterocycles.